The average molecular weight is 344 g/mol. The Labute approximate surface area is 145 Å². The van der Waals surface area contributed by atoms with E-state index < -0.39 is 6.04 Å². The van der Waals surface area contributed by atoms with Crippen LogP contribution < -0.4 is 15.5 Å². The molecular formula is C17H20N4O4. The summed E-state index contributed by atoms with van der Waals surface area (Å²) in [4.78, 5) is 30.5. The van der Waals surface area contributed by atoms with Gasteiger partial charge in [-0.3, -0.25) is 9.59 Å². The fourth-order valence-electron chi connectivity index (χ4n) is 2.44. The van der Waals surface area contributed by atoms with Gasteiger partial charge in [-0.1, -0.05) is 0 Å². The van der Waals surface area contributed by atoms with Gasteiger partial charge < -0.3 is 24.7 Å². The molecule has 0 unspecified atom stereocenters. The molecule has 0 spiro atoms. The smallest absolute Gasteiger partial charge is 0.255 e. The van der Waals surface area contributed by atoms with E-state index in [2.05, 4.69) is 20.5 Å². The molecule has 1 aliphatic rings. The number of hydrogen-bond donors (Lipinski definition) is 2. The number of carbonyl (C=O) groups excluding carboxylic acids is 2. The number of ether oxygens (including phenoxy) is 1. The number of morpholine rings is 1. The Morgan fingerprint density at radius 3 is 2.68 bits per heavy atom. The van der Waals surface area contributed by atoms with Crippen molar-refractivity contribution < 1.29 is 18.7 Å². The van der Waals surface area contributed by atoms with Crippen LogP contribution in [0.4, 0.5) is 11.5 Å². The summed E-state index contributed by atoms with van der Waals surface area (Å²) in [6.45, 7) is 4.66. The minimum atomic E-state index is -0.705. The SMILES string of the molecule is C[C@H](NC(=O)c1ccoc1)C(=O)Nc1ccc(N2CCOCC2)cn1. The Hall–Kier alpha value is -2.87. The molecule has 1 fully saturated rings. The lowest BCUT2D eigenvalue weighted by molar-refractivity contribution is -0.117. The van der Waals surface area contributed by atoms with Crippen molar-refractivity contribution in [1.29, 1.82) is 0 Å². The summed E-state index contributed by atoms with van der Waals surface area (Å²) in [5.74, 6) is -0.276. The van der Waals surface area contributed by atoms with Crippen LogP contribution in [-0.2, 0) is 9.53 Å². The zero-order valence-electron chi connectivity index (χ0n) is 13.9. The van der Waals surface area contributed by atoms with Crippen LogP contribution in [0.1, 0.15) is 17.3 Å². The fourth-order valence-corrected chi connectivity index (χ4v) is 2.44. The Morgan fingerprint density at radius 2 is 2.04 bits per heavy atom. The molecule has 2 aromatic rings. The summed E-state index contributed by atoms with van der Waals surface area (Å²) >= 11 is 0. The largest absolute Gasteiger partial charge is 0.472 e. The number of nitrogens with one attached hydrogen (secondary N) is 2. The van der Waals surface area contributed by atoms with E-state index in [0.29, 0.717) is 24.6 Å². The Morgan fingerprint density at radius 1 is 1.24 bits per heavy atom. The summed E-state index contributed by atoms with van der Waals surface area (Å²) in [5, 5.41) is 5.30. The molecule has 1 atom stereocenters. The van der Waals surface area contributed by atoms with E-state index in [1.807, 2.05) is 6.07 Å². The molecule has 2 N–H and O–H groups in total. The first-order valence-electron chi connectivity index (χ1n) is 8.06. The monoisotopic (exact) mass is 344 g/mol. The topological polar surface area (TPSA) is 96.7 Å². The molecule has 1 aliphatic heterocycles. The highest BCUT2D eigenvalue weighted by atomic mass is 16.5. The molecule has 25 heavy (non-hydrogen) atoms. The number of aromatic nitrogens is 1. The molecule has 0 aromatic carbocycles. The van der Waals surface area contributed by atoms with Gasteiger partial charge in [0.2, 0.25) is 5.91 Å². The van der Waals surface area contributed by atoms with E-state index >= 15 is 0 Å². The zero-order valence-corrected chi connectivity index (χ0v) is 13.9. The lowest BCUT2D eigenvalue weighted by atomic mass is 10.2. The maximum Gasteiger partial charge on any atom is 0.255 e. The summed E-state index contributed by atoms with van der Waals surface area (Å²) in [6.07, 6.45) is 4.45. The number of furan rings is 1. The number of nitrogens with zero attached hydrogens (tertiary/aromatic N) is 2. The van der Waals surface area contributed by atoms with Crippen LogP contribution in [0.5, 0.6) is 0 Å². The maximum absolute atomic E-state index is 12.2. The van der Waals surface area contributed by atoms with E-state index in [9.17, 15) is 9.59 Å². The predicted molar refractivity (Wildman–Crippen MR) is 91.5 cm³/mol. The predicted octanol–water partition coefficient (Wildman–Crippen LogP) is 1.27. The highest BCUT2D eigenvalue weighted by molar-refractivity contribution is 6.00. The number of amides is 2. The van der Waals surface area contributed by atoms with Crippen molar-refractivity contribution in [2.75, 3.05) is 36.5 Å². The normalized spacial score (nSPS) is 15.5. The van der Waals surface area contributed by atoms with Crippen molar-refractivity contribution in [3.05, 3.63) is 42.5 Å². The van der Waals surface area contributed by atoms with Crippen molar-refractivity contribution in [2.45, 2.75) is 13.0 Å². The van der Waals surface area contributed by atoms with Gasteiger partial charge in [-0.05, 0) is 25.1 Å². The molecule has 132 valence electrons. The minimum absolute atomic E-state index is 0.344. The molecule has 0 radical (unpaired) electrons. The van der Waals surface area contributed by atoms with E-state index in [-0.39, 0.29) is 11.8 Å². The van der Waals surface area contributed by atoms with Crippen molar-refractivity contribution in [1.82, 2.24) is 10.3 Å². The first kappa shape index (κ1) is 17.0. The van der Waals surface area contributed by atoms with Crippen molar-refractivity contribution >= 4 is 23.3 Å². The lowest BCUT2D eigenvalue weighted by Gasteiger charge is -2.28. The number of rotatable bonds is 5. The van der Waals surface area contributed by atoms with Crippen LogP contribution in [0.3, 0.4) is 0 Å². The number of carbonyl (C=O) groups is 2. The lowest BCUT2D eigenvalue weighted by Crippen LogP contribution is -2.41. The second kappa shape index (κ2) is 7.80. The second-order valence-electron chi connectivity index (χ2n) is 5.70. The molecule has 3 heterocycles. The van der Waals surface area contributed by atoms with E-state index in [4.69, 9.17) is 9.15 Å². The van der Waals surface area contributed by atoms with Crippen LogP contribution in [-0.4, -0.2) is 49.1 Å². The molecule has 0 bridgehead atoms. The molecule has 3 rings (SSSR count). The molecule has 2 aromatic heterocycles. The van der Waals surface area contributed by atoms with Gasteiger partial charge in [0, 0.05) is 13.1 Å². The highest BCUT2D eigenvalue weighted by Crippen LogP contribution is 2.16. The van der Waals surface area contributed by atoms with Gasteiger partial charge in [-0.25, -0.2) is 4.98 Å². The first-order chi connectivity index (χ1) is 12.1. The molecule has 1 saturated heterocycles. The fraction of sp³-hybridized carbons (Fsp3) is 0.353. The first-order valence-corrected chi connectivity index (χ1v) is 8.06. The van der Waals surface area contributed by atoms with Gasteiger partial charge >= 0.3 is 0 Å². The number of anilines is 2. The third-order valence-electron chi connectivity index (χ3n) is 3.90. The molecular weight excluding hydrogens is 324 g/mol. The maximum atomic E-state index is 12.2. The summed E-state index contributed by atoms with van der Waals surface area (Å²) in [7, 11) is 0. The van der Waals surface area contributed by atoms with Crippen LogP contribution >= 0.6 is 0 Å². The Kier molecular flexibility index (Phi) is 5.30. The Bertz CT molecular complexity index is 709. The van der Waals surface area contributed by atoms with Crippen LogP contribution in [0.2, 0.25) is 0 Å². The number of hydrogen-bond acceptors (Lipinski definition) is 6. The summed E-state index contributed by atoms with van der Waals surface area (Å²) < 4.78 is 10.2. The molecule has 0 aliphatic carbocycles. The highest BCUT2D eigenvalue weighted by Gasteiger charge is 2.18. The van der Waals surface area contributed by atoms with E-state index in [0.717, 1.165) is 18.8 Å². The molecule has 8 heteroatoms. The van der Waals surface area contributed by atoms with Crippen LogP contribution in [0, 0.1) is 0 Å². The van der Waals surface area contributed by atoms with E-state index in [1.54, 1.807) is 19.2 Å². The van der Waals surface area contributed by atoms with Gasteiger partial charge in [0.25, 0.3) is 5.91 Å². The third-order valence-corrected chi connectivity index (χ3v) is 3.90. The van der Waals surface area contributed by atoms with Gasteiger partial charge in [-0.2, -0.15) is 0 Å². The van der Waals surface area contributed by atoms with Gasteiger partial charge in [0.15, 0.2) is 0 Å². The van der Waals surface area contributed by atoms with Crippen molar-refractivity contribution in [3.63, 3.8) is 0 Å². The summed E-state index contributed by atoms with van der Waals surface area (Å²) in [6, 6.07) is 4.48. The average Bonchev–Trinajstić information content (AvgIpc) is 3.18. The zero-order chi connectivity index (χ0) is 17.6. The van der Waals surface area contributed by atoms with E-state index in [1.165, 1.54) is 18.6 Å². The van der Waals surface area contributed by atoms with Gasteiger partial charge in [0.1, 0.15) is 18.1 Å². The minimum Gasteiger partial charge on any atom is -0.472 e. The molecule has 8 nitrogen and oxygen atoms in total. The van der Waals surface area contributed by atoms with Crippen LogP contribution in [0.25, 0.3) is 0 Å². The molecule has 2 amide bonds. The van der Waals surface area contributed by atoms with Crippen molar-refractivity contribution in [3.8, 4) is 0 Å². The molecule has 0 saturated carbocycles. The quantitative estimate of drug-likeness (QED) is 0.848. The number of pyridine rings is 1. The standard InChI is InChI=1S/C17H20N4O4/c1-12(19-17(23)13-4-7-25-11-13)16(22)20-15-3-2-14(10-18-15)21-5-8-24-9-6-21/h2-4,7,10-12H,5-6,8-9H2,1H3,(H,19,23)(H,18,20,22)/t12-/m0/s1. The van der Waals surface area contributed by atoms with Gasteiger partial charge in [-0.15, -0.1) is 0 Å². The van der Waals surface area contributed by atoms with Crippen LogP contribution in [0.15, 0.2) is 41.3 Å². The Balaban J connectivity index is 1.54. The van der Waals surface area contributed by atoms with Crippen molar-refractivity contribution in [2.24, 2.45) is 0 Å². The summed E-state index contributed by atoms with van der Waals surface area (Å²) in [5.41, 5.74) is 1.36. The van der Waals surface area contributed by atoms with Gasteiger partial charge in [0.05, 0.1) is 36.9 Å². The third kappa shape index (κ3) is 4.36. The second-order valence-corrected chi connectivity index (χ2v) is 5.70.